The van der Waals surface area contributed by atoms with Gasteiger partial charge in [-0.15, -0.1) is 0 Å². The van der Waals surface area contributed by atoms with E-state index < -0.39 is 16.1 Å². The molecule has 0 radical (unpaired) electrons. The molecule has 0 saturated heterocycles. The van der Waals surface area contributed by atoms with Gasteiger partial charge in [0, 0.05) is 18.1 Å². The fourth-order valence-corrected chi connectivity index (χ4v) is 3.44. The van der Waals surface area contributed by atoms with Crippen molar-refractivity contribution in [3.8, 4) is 5.75 Å². The highest BCUT2D eigenvalue weighted by atomic mass is 32.2. The van der Waals surface area contributed by atoms with Crippen molar-refractivity contribution in [3.63, 3.8) is 0 Å². The van der Waals surface area contributed by atoms with Crippen LogP contribution in [-0.2, 0) is 10.0 Å². The molecule has 1 atom stereocenters. The van der Waals surface area contributed by atoms with E-state index in [9.17, 15) is 8.42 Å². The molecule has 1 heterocycles. The van der Waals surface area contributed by atoms with E-state index in [4.69, 9.17) is 10.5 Å². The predicted octanol–water partition coefficient (Wildman–Crippen LogP) is 1.43. The first-order chi connectivity index (χ1) is 9.97. The lowest BCUT2D eigenvalue weighted by Gasteiger charge is -2.16. The van der Waals surface area contributed by atoms with Gasteiger partial charge in [0.1, 0.15) is 16.5 Å². The van der Waals surface area contributed by atoms with Crippen LogP contribution in [-0.4, -0.2) is 25.5 Å². The fourth-order valence-electron chi connectivity index (χ4n) is 1.95. The number of aromatic amines is 1. The number of nitrogen functional groups attached to an aromatic ring is 1. The van der Waals surface area contributed by atoms with Gasteiger partial charge in [-0.2, -0.15) is 0 Å². The van der Waals surface area contributed by atoms with Crippen LogP contribution in [0.5, 0.6) is 5.75 Å². The molecule has 1 aromatic carbocycles. The molecule has 2 aromatic rings. The van der Waals surface area contributed by atoms with Gasteiger partial charge in [-0.25, -0.2) is 18.1 Å². The zero-order valence-corrected chi connectivity index (χ0v) is 12.6. The lowest BCUT2D eigenvalue weighted by molar-refractivity contribution is 0.402. The number of H-pyrrole nitrogens is 1. The number of nitrogens with two attached hydrogens (primary N) is 1. The van der Waals surface area contributed by atoms with E-state index in [2.05, 4.69) is 14.7 Å². The molecule has 1 unspecified atom stereocenters. The lowest BCUT2D eigenvalue weighted by Crippen LogP contribution is -2.29. The summed E-state index contributed by atoms with van der Waals surface area (Å²) in [5.74, 6) is 0.801. The Labute approximate surface area is 123 Å². The van der Waals surface area contributed by atoms with Gasteiger partial charge in [-0.3, -0.25) is 0 Å². The Morgan fingerprint density at radius 2 is 2.24 bits per heavy atom. The summed E-state index contributed by atoms with van der Waals surface area (Å²) in [6.07, 6.45) is 3.78. The zero-order valence-electron chi connectivity index (χ0n) is 11.8. The van der Waals surface area contributed by atoms with E-state index in [-0.39, 0.29) is 10.6 Å². The minimum absolute atomic E-state index is 0.00926. The molecule has 21 heavy (non-hydrogen) atoms. The Kier molecular flexibility index (Phi) is 4.49. The second kappa shape index (κ2) is 6.15. The average Bonchev–Trinajstić information content (AvgIpc) is 2.99. The van der Waals surface area contributed by atoms with E-state index in [1.165, 1.54) is 19.2 Å². The Balaban J connectivity index is 2.36. The van der Waals surface area contributed by atoms with Crippen LogP contribution in [0.2, 0.25) is 0 Å². The summed E-state index contributed by atoms with van der Waals surface area (Å²) in [6, 6.07) is 4.03. The molecule has 0 fully saturated rings. The Hall–Kier alpha value is -2.06. The molecule has 1 aromatic heterocycles. The Morgan fingerprint density at radius 1 is 1.48 bits per heavy atom. The average molecular weight is 310 g/mol. The number of nitrogens with zero attached hydrogens (tertiary/aromatic N) is 1. The largest absolute Gasteiger partial charge is 0.495 e. The maximum absolute atomic E-state index is 12.5. The van der Waals surface area contributed by atoms with Crippen molar-refractivity contribution < 1.29 is 13.2 Å². The fraction of sp³-hybridized carbons (Fsp3) is 0.308. The molecule has 0 saturated carbocycles. The predicted molar refractivity (Wildman–Crippen MR) is 79.3 cm³/mol. The molecule has 114 valence electrons. The summed E-state index contributed by atoms with van der Waals surface area (Å²) < 4.78 is 32.8. The van der Waals surface area contributed by atoms with Crippen LogP contribution in [0, 0.1) is 0 Å². The normalized spacial score (nSPS) is 13.0. The van der Waals surface area contributed by atoms with Crippen LogP contribution in [0.25, 0.3) is 0 Å². The molecule has 2 rings (SSSR count). The maximum Gasteiger partial charge on any atom is 0.244 e. The van der Waals surface area contributed by atoms with Gasteiger partial charge in [-0.05, 0) is 24.6 Å². The van der Waals surface area contributed by atoms with Crippen LogP contribution in [0.15, 0.2) is 35.5 Å². The van der Waals surface area contributed by atoms with Crippen LogP contribution in [0.1, 0.15) is 25.2 Å². The summed E-state index contributed by atoms with van der Waals surface area (Å²) in [7, 11) is -2.37. The minimum atomic E-state index is -3.78. The van der Waals surface area contributed by atoms with Crippen molar-refractivity contribution >= 4 is 15.7 Å². The van der Waals surface area contributed by atoms with Crippen molar-refractivity contribution in [1.82, 2.24) is 14.7 Å². The smallest absolute Gasteiger partial charge is 0.244 e. The topological polar surface area (TPSA) is 110 Å². The molecule has 0 aliphatic heterocycles. The summed E-state index contributed by atoms with van der Waals surface area (Å²) in [5.41, 5.74) is 6.02. The highest BCUT2D eigenvalue weighted by Gasteiger charge is 2.25. The van der Waals surface area contributed by atoms with Crippen LogP contribution in [0.4, 0.5) is 5.69 Å². The molecule has 7 nitrogen and oxygen atoms in total. The quantitative estimate of drug-likeness (QED) is 0.699. The summed E-state index contributed by atoms with van der Waals surface area (Å²) in [6.45, 7) is 1.87. The van der Waals surface area contributed by atoms with Gasteiger partial charge in [0.05, 0.1) is 13.2 Å². The molecule has 0 aliphatic carbocycles. The SMILES string of the molecule is CCC(NS(=O)(=O)c1cc(N)ccc1OC)c1ncc[nH]1. The Morgan fingerprint density at radius 3 is 2.81 bits per heavy atom. The molecule has 0 aliphatic rings. The number of benzene rings is 1. The second-order valence-corrected chi connectivity index (χ2v) is 6.15. The van der Waals surface area contributed by atoms with E-state index in [0.29, 0.717) is 17.9 Å². The zero-order chi connectivity index (χ0) is 15.5. The molecule has 0 amide bonds. The third-order valence-corrected chi connectivity index (χ3v) is 4.53. The third-order valence-electron chi connectivity index (χ3n) is 3.03. The van der Waals surface area contributed by atoms with Gasteiger partial charge in [0.2, 0.25) is 10.0 Å². The first kappa shape index (κ1) is 15.3. The molecule has 0 bridgehead atoms. The molecular formula is C13H18N4O3S. The number of rotatable bonds is 6. The van der Waals surface area contributed by atoms with Gasteiger partial charge >= 0.3 is 0 Å². The Bertz CT molecular complexity index is 698. The number of hydrogen-bond donors (Lipinski definition) is 3. The summed E-state index contributed by atoms with van der Waals surface area (Å²) >= 11 is 0. The number of methoxy groups -OCH3 is 1. The van der Waals surface area contributed by atoms with Gasteiger partial charge in [-0.1, -0.05) is 6.92 Å². The van der Waals surface area contributed by atoms with E-state index >= 15 is 0 Å². The highest BCUT2D eigenvalue weighted by molar-refractivity contribution is 7.89. The van der Waals surface area contributed by atoms with Crippen molar-refractivity contribution in [3.05, 3.63) is 36.4 Å². The molecule has 8 heteroatoms. The molecular weight excluding hydrogens is 292 g/mol. The maximum atomic E-state index is 12.5. The molecule has 4 N–H and O–H groups in total. The molecule has 0 spiro atoms. The number of nitrogens with one attached hydrogen (secondary N) is 2. The minimum Gasteiger partial charge on any atom is -0.495 e. The lowest BCUT2D eigenvalue weighted by atomic mass is 10.2. The number of imidazole rings is 1. The second-order valence-electron chi connectivity index (χ2n) is 4.47. The number of anilines is 1. The van der Waals surface area contributed by atoms with Crippen molar-refractivity contribution in [1.29, 1.82) is 0 Å². The van der Waals surface area contributed by atoms with E-state index in [1.54, 1.807) is 18.5 Å². The van der Waals surface area contributed by atoms with Gasteiger partial charge < -0.3 is 15.5 Å². The van der Waals surface area contributed by atoms with Crippen molar-refractivity contribution in [2.45, 2.75) is 24.3 Å². The van der Waals surface area contributed by atoms with Crippen LogP contribution < -0.4 is 15.2 Å². The number of sulfonamides is 1. The van der Waals surface area contributed by atoms with Gasteiger partial charge in [0.15, 0.2) is 0 Å². The van der Waals surface area contributed by atoms with Crippen LogP contribution >= 0.6 is 0 Å². The third kappa shape index (κ3) is 3.34. The summed E-state index contributed by atoms with van der Waals surface area (Å²) in [5, 5.41) is 0. The van der Waals surface area contributed by atoms with E-state index in [0.717, 1.165) is 0 Å². The first-order valence-corrected chi connectivity index (χ1v) is 7.91. The highest BCUT2D eigenvalue weighted by Crippen LogP contribution is 2.27. The monoisotopic (exact) mass is 310 g/mol. The number of hydrogen-bond acceptors (Lipinski definition) is 5. The first-order valence-electron chi connectivity index (χ1n) is 6.43. The van der Waals surface area contributed by atoms with Crippen LogP contribution in [0.3, 0.4) is 0 Å². The number of ether oxygens (including phenoxy) is 1. The van der Waals surface area contributed by atoms with E-state index in [1.807, 2.05) is 6.92 Å². The van der Waals surface area contributed by atoms with Gasteiger partial charge in [0.25, 0.3) is 0 Å². The van der Waals surface area contributed by atoms with Crippen molar-refractivity contribution in [2.75, 3.05) is 12.8 Å². The number of aromatic nitrogens is 2. The standard InChI is InChI=1S/C13H18N4O3S/c1-3-10(13-15-6-7-16-13)17-21(18,19)12-8-9(14)4-5-11(12)20-2/h4-8,10,17H,3,14H2,1-2H3,(H,15,16). The van der Waals surface area contributed by atoms with Crippen molar-refractivity contribution in [2.24, 2.45) is 0 Å². The summed E-state index contributed by atoms with van der Waals surface area (Å²) in [4.78, 5) is 7.00.